The number of nitrogens with zero attached hydrogens (tertiary/aromatic N) is 3. The fraction of sp³-hybridized carbons (Fsp3) is 0.321. The summed E-state index contributed by atoms with van der Waals surface area (Å²) < 4.78 is 11.6. The van der Waals surface area contributed by atoms with Crippen LogP contribution in [-0.2, 0) is 12.0 Å². The number of nitrogens with two attached hydrogens (primary N) is 1. The number of aromatic nitrogens is 2. The molecule has 6 rings (SSSR count). The summed E-state index contributed by atoms with van der Waals surface area (Å²) in [7, 11) is -2.73. The van der Waals surface area contributed by atoms with Crippen LogP contribution >= 0.6 is 11.3 Å². The number of carbonyl (C=O) groups excluding carboxylic acids is 1. The van der Waals surface area contributed by atoms with Gasteiger partial charge in [-0.3, -0.25) is 4.79 Å². The Bertz CT molecular complexity index is 1490. The van der Waals surface area contributed by atoms with Crippen molar-refractivity contribution >= 4 is 30.7 Å². The van der Waals surface area contributed by atoms with Crippen LogP contribution in [0.2, 0.25) is 13.1 Å². The van der Waals surface area contributed by atoms with E-state index in [1.165, 1.54) is 16.9 Å². The molecule has 0 radical (unpaired) electrons. The van der Waals surface area contributed by atoms with E-state index in [0.717, 1.165) is 34.2 Å². The lowest BCUT2D eigenvalue weighted by Gasteiger charge is -2.38. The largest absolute Gasteiger partial charge is 0.492 e. The zero-order valence-corrected chi connectivity index (χ0v) is 23.3. The summed E-state index contributed by atoms with van der Waals surface area (Å²) in [5.41, 5.74) is 9.26. The standard InChI is InChI=1S/C28H30N4O4SSi/c1-38(2,34)21-14-19(26-30-25(31-36-26)24-4-3-11-37-24)13-20(15-21)27(33)32-9-7-28(8-10-32)17-35-23-6-5-18(16-29)12-22(23)28/h3-6,11-15,34H,7-10,16-17,29H2,1-2H3. The topological polar surface area (TPSA) is 115 Å². The minimum atomic E-state index is -2.73. The lowest BCUT2D eigenvalue weighted by molar-refractivity contribution is 0.0646. The van der Waals surface area contributed by atoms with Gasteiger partial charge in [0.1, 0.15) is 5.75 Å². The molecule has 1 fully saturated rings. The molecule has 0 unspecified atom stereocenters. The Morgan fingerprint density at radius 2 is 2.00 bits per heavy atom. The highest BCUT2D eigenvalue weighted by Gasteiger charge is 2.44. The van der Waals surface area contributed by atoms with Crippen molar-refractivity contribution in [3.63, 3.8) is 0 Å². The molecule has 38 heavy (non-hydrogen) atoms. The number of likely N-dealkylation sites (tertiary alicyclic amines) is 1. The Morgan fingerprint density at radius 1 is 1.18 bits per heavy atom. The highest BCUT2D eigenvalue weighted by atomic mass is 32.1. The van der Waals surface area contributed by atoms with Crippen LogP contribution in [0.3, 0.4) is 0 Å². The van der Waals surface area contributed by atoms with Crippen molar-refractivity contribution in [3.8, 4) is 27.9 Å². The predicted octanol–water partition coefficient (Wildman–Crippen LogP) is 3.89. The molecule has 1 amide bonds. The van der Waals surface area contributed by atoms with E-state index in [0.29, 0.717) is 49.1 Å². The molecule has 2 aromatic carbocycles. The molecule has 3 N–H and O–H groups in total. The number of piperidine rings is 1. The van der Waals surface area contributed by atoms with Crippen molar-refractivity contribution in [2.45, 2.75) is 37.9 Å². The molecule has 0 bridgehead atoms. The molecule has 0 atom stereocenters. The summed E-state index contributed by atoms with van der Waals surface area (Å²) in [5.74, 6) is 1.70. The minimum Gasteiger partial charge on any atom is -0.492 e. The van der Waals surface area contributed by atoms with Crippen LogP contribution < -0.4 is 15.7 Å². The molecule has 0 aliphatic carbocycles. The van der Waals surface area contributed by atoms with Gasteiger partial charge in [-0.1, -0.05) is 23.4 Å². The first-order valence-electron chi connectivity index (χ1n) is 12.8. The summed E-state index contributed by atoms with van der Waals surface area (Å²) in [6, 6.07) is 15.5. The molecular formula is C28H30N4O4SSi. The smallest absolute Gasteiger partial charge is 0.258 e. The van der Waals surface area contributed by atoms with E-state index < -0.39 is 8.32 Å². The highest BCUT2D eigenvalue weighted by molar-refractivity contribution is 7.13. The number of carbonyl (C=O) groups is 1. The van der Waals surface area contributed by atoms with Crippen LogP contribution in [0, 0.1) is 0 Å². The molecule has 0 saturated carbocycles. The number of thiophene rings is 1. The summed E-state index contributed by atoms with van der Waals surface area (Å²) in [5, 5.41) is 6.82. The van der Waals surface area contributed by atoms with Gasteiger partial charge in [0.25, 0.3) is 11.8 Å². The molecular weight excluding hydrogens is 516 g/mol. The number of benzene rings is 2. The number of hydrogen-bond acceptors (Lipinski definition) is 8. The van der Waals surface area contributed by atoms with Gasteiger partial charge >= 0.3 is 0 Å². The van der Waals surface area contributed by atoms with Gasteiger partial charge in [-0.15, -0.1) is 11.3 Å². The quantitative estimate of drug-likeness (QED) is 0.365. The van der Waals surface area contributed by atoms with Crippen LogP contribution in [-0.4, -0.2) is 53.8 Å². The van der Waals surface area contributed by atoms with E-state index >= 15 is 0 Å². The Kier molecular flexibility index (Phi) is 6.22. The van der Waals surface area contributed by atoms with Crippen molar-refractivity contribution in [1.29, 1.82) is 0 Å². The van der Waals surface area contributed by atoms with Crippen molar-refractivity contribution in [2.75, 3.05) is 19.7 Å². The predicted molar refractivity (Wildman–Crippen MR) is 149 cm³/mol. The fourth-order valence-corrected chi connectivity index (χ4v) is 7.01. The van der Waals surface area contributed by atoms with Gasteiger partial charge < -0.3 is 24.7 Å². The average Bonchev–Trinajstić information content (AvgIpc) is 3.69. The Hall–Kier alpha value is -3.31. The molecule has 1 saturated heterocycles. The van der Waals surface area contributed by atoms with E-state index in [1.807, 2.05) is 59.8 Å². The maximum absolute atomic E-state index is 13.8. The number of fused-ring (bicyclic) bond motifs is 2. The fourth-order valence-electron chi connectivity index (χ4n) is 5.35. The lowest BCUT2D eigenvalue weighted by Crippen LogP contribution is -2.46. The van der Waals surface area contributed by atoms with Crippen LogP contribution in [0.25, 0.3) is 22.2 Å². The minimum absolute atomic E-state index is 0.0611. The number of hydrogen-bond donors (Lipinski definition) is 2. The molecule has 2 aromatic heterocycles. The first-order chi connectivity index (χ1) is 18.3. The summed E-state index contributed by atoms with van der Waals surface area (Å²) in [6.45, 7) is 6.04. The third-order valence-electron chi connectivity index (χ3n) is 7.66. The number of ether oxygens (including phenoxy) is 1. The first-order valence-corrected chi connectivity index (χ1v) is 16.6. The second-order valence-corrected chi connectivity index (χ2v) is 15.3. The SMILES string of the molecule is C[Si](C)(O)c1cc(C(=O)N2CCC3(CC2)COc2ccc(CN)cc23)cc(-c2nc(-c3cccs3)no2)c1. The zero-order chi connectivity index (χ0) is 26.5. The molecule has 1 spiro atoms. The van der Waals surface area contributed by atoms with Crippen LogP contribution in [0.4, 0.5) is 0 Å². The van der Waals surface area contributed by atoms with E-state index in [2.05, 4.69) is 16.2 Å². The van der Waals surface area contributed by atoms with Crippen molar-refractivity contribution in [1.82, 2.24) is 15.0 Å². The Balaban J connectivity index is 1.27. The Morgan fingerprint density at radius 3 is 2.71 bits per heavy atom. The lowest BCUT2D eigenvalue weighted by atomic mass is 9.74. The van der Waals surface area contributed by atoms with Crippen molar-refractivity contribution in [3.05, 3.63) is 70.6 Å². The van der Waals surface area contributed by atoms with Gasteiger partial charge in [-0.25, -0.2) is 0 Å². The number of rotatable bonds is 5. The third kappa shape index (κ3) is 4.47. The van der Waals surface area contributed by atoms with Gasteiger partial charge in [0.05, 0.1) is 11.5 Å². The first kappa shape index (κ1) is 25.0. The monoisotopic (exact) mass is 546 g/mol. The molecule has 4 heterocycles. The van der Waals surface area contributed by atoms with Gasteiger partial charge in [0.15, 0.2) is 0 Å². The molecule has 10 heteroatoms. The summed E-state index contributed by atoms with van der Waals surface area (Å²) in [6.07, 6.45) is 1.64. The van der Waals surface area contributed by atoms with Crippen molar-refractivity contribution in [2.24, 2.45) is 5.73 Å². The maximum Gasteiger partial charge on any atom is 0.258 e. The third-order valence-corrected chi connectivity index (χ3v) is 10.2. The summed E-state index contributed by atoms with van der Waals surface area (Å²) >= 11 is 1.53. The van der Waals surface area contributed by atoms with Crippen LogP contribution in [0.1, 0.15) is 34.3 Å². The maximum atomic E-state index is 13.8. The second kappa shape index (κ2) is 9.46. The van der Waals surface area contributed by atoms with E-state index in [-0.39, 0.29) is 11.3 Å². The van der Waals surface area contributed by atoms with Crippen LogP contribution in [0.5, 0.6) is 5.75 Å². The van der Waals surface area contributed by atoms with E-state index in [9.17, 15) is 9.59 Å². The molecule has 2 aliphatic heterocycles. The normalized spacial score (nSPS) is 16.5. The van der Waals surface area contributed by atoms with Crippen molar-refractivity contribution < 1.29 is 18.9 Å². The van der Waals surface area contributed by atoms with Gasteiger partial charge in [0, 0.05) is 41.7 Å². The van der Waals surface area contributed by atoms with Gasteiger partial charge in [0.2, 0.25) is 14.1 Å². The van der Waals surface area contributed by atoms with Gasteiger partial charge in [-0.05, 0) is 72.4 Å². The molecule has 2 aliphatic rings. The van der Waals surface area contributed by atoms with E-state index in [4.69, 9.17) is 15.0 Å². The molecule has 8 nitrogen and oxygen atoms in total. The summed E-state index contributed by atoms with van der Waals surface area (Å²) in [4.78, 5) is 32.0. The van der Waals surface area contributed by atoms with E-state index in [1.54, 1.807) is 6.07 Å². The van der Waals surface area contributed by atoms with Crippen LogP contribution in [0.15, 0.2) is 58.4 Å². The average molecular weight is 547 g/mol. The zero-order valence-electron chi connectivity index (χ0n) is 21.4. The Labute approximate surface area is 226 Å². The van der Waals surface area contributed by atoms with Gasteiger partial charge in [-0.2, -0.15) is 4.98 Å². The highest BCUT2D eigenvalue weighted by Crippen LogP contribution is 2.46. The number of amides is 1. The molecule has 196 valence electrons. The molecule has 4 aromatic rings. The second-order valence-electron chi connectivity index (χ2n) is 10.7.